The van der Waals surface area contributed by atoms with Crippen LogP contribution in [-0.2, 0) is 24.3 Å². The van der Waals surface area contributed by atoms with Crippen molar-refractivity contribution in [2.75, 3.05) is 0 Å². The summed E-state index contributed by atoms with van der Waals surface area (Å²) in [6, 6.07) is 6.19. The van der Waals surface area contributed by atoms with Gasteiger partial charge in [-0.3, -0.25) is 4.79 Å². The summed E-state index contributed by atoms with van der Waals surface area (Å²) in [6.45, 7) is 2.29. The number of nitrogens with two attached hydrogens (primary N) is 1. The molecule has 21 heavy (non-hydrogen) atoms. The second-order valence-electron chi connectivity index (χ2n) is 4.91. The highest BCUT2D eigenvalue weighted by molar-refractivity contribution is 5.75. The number of hydrogen-bond acceptors (Lipinski definition) is 4. The van der Waals surface area contributed by atoms with Crippen LogP contribution < -0.4 is 11.1 Å². The van der Waals surface area contributed by atoms with Crippen molar-refractivity contribution in [3.8, 4) is 0 Å². The lowest BCUT2D eigenvalue weighted by atomic mass is 10.1. The van der Waals surface area contributed by atoms with Crippen LogP contribution in [0.3, 0.4) is 0 Å². The Balaban J connectivity index is 1.82. The van der Waals surface area contributed by atoms with Gasteiger partial charge in [0.1, 0.15) is 12.4 Å². The molecule has 0 saturated carbocycles. The molecule has 1 aromatic heterocycles. The SMILES string of the molecule is CC(Cc1ccc(F)cc1)NC(=O)Cn1cc(CN)nn1. The van der Waals surface area contributed by atoms with Crippen LogP contribution in [0.5, 0.6) is 0 Å². The average Bonchev–Trinajstić information content (AvgIpc) is 2.88. The highest BCUT2D eigenvalue weighted by Gasteiger charge is 2.10. The lowest BCUT2D eigenvalue weighted by molar-refractivity contribution is -0.122. The van der Waals surface area contributed by atoms with E-state index in [9.17, 15) is 9.18 Å². The van der Waals surface area contributed by atoms with Gasteiger partial charge in [-0.1, -0.05) is 17.3 Å². The highest BCUT2D eigenvalue weighted by Crippen LogP contribution is 2.05. The summed E-state index contributed by atoms with van der Waals surface area (Å²) in [4.78, 5) is 11.9. The van der Waals surface area contributed by atoms with Crippen molar-refractivity contribution in [1.82, 2.24) is 20.3 Å². The summed E-state index contributed by atoms with van der Waals surface area (Å²) < 4.78 is 14.3. The molecule has 0 saturated heterocycles. The quantitative estimate of drug-likeness (QED) is 0.817. The van der Waals surface area contributed by atoms with E-state index in [0.717, 1.165) is 5.56 Å². The largest absolute Gasteiger partial charge is 0.352 e. The molecule has 1 unspecified atom stereocenters. The zero-order valence-electron chi connectivity index (χ0n) is 11.8. The van der Waals surface area contributed by atoms with E-state index in [1.807, 2.05) is 6.92 Å². The molecule has 1 amide bonds. The van der Waals surface area contributed by atoms with Gasteiger partial charge in [-0.2, -0.15) is 0 Å². The van der Waals surface area contributed by atoms with Gasteiger partial charge in [0.15, 0.2) is 0 Å². The van der Waals surface area contributed by atoms with Crippen molar-refractivity contribution >= 4 is 5.91 Å². The van der Waals surface area contributed by atoms with Gasteiger partial charge in [0.2, 0.25) is 5.91 Å². The molecule has 0 fully saturated rings. The minimum absolute atomic E-state index is 0.0551. The van der Waals surface area contributed by atoms with Crippen molar-refractivity contribution in [3.63, 3.8) is 0 Å². The van der Waals surface area contributed by atoms with E-state index in [2.05, 4.69) is 15.6 Å². The maximum Gasteiger partial charge on any atom is 0.242 e. The van der Waals surface area contributed by atoms with Crippen molar-refractivity contribution in [1.29, 1.82) is 0 Å². The van der Waals surface area contributed by atoms with E-state index < -0.39 is 0 Å². The Morgan fingerprint density at radius 2 is 2.14 bits per heavy atom. The number of hydrogen-bond donors (Lipinski definition) is 2. The molecule has 0 aliphatic carbocycles. The fourth-order valence-electron chi connectivity index (χ4n) is 2.00. The number of halogens is 1. The van der Waals surface area contributed by atoms with E-state index in [0.29, 0.717) is 18.7 Å². The second kappa shape index (κ2) is 6.94. The predicted molar refractivity (Wildman–Crippen MR) is 75.6 cm³/mol. The number of nitrogens with one attached hydrogen (secondary N) is 1. The maximum atomic E-state index is 12.8. The fourth-order valence-corrected chi connectivity index (χ4v) is 2.00. The van der Waals surface area contributed by atoms with Gasteiger partial charge in [-0.15, -0.1) is 5.10 Å². The Morgan fingerprint density at radius 3 is 2.76 bits per heavy atom. The maximum absolute atomic E-state index is 12.8. The van der Waals surface area contributed by atoms with E-state index >= 15 is 0 Å². The van der Waals surface area contributed by atoms with Crippen LogP contribution in [-0.4, -0.2) is 26.9 Å². The molecule has 3 N–H and O–H groups in total. The van der Waals surface area contributed by atoms with E-state index in [4.69, 9.17) is 5.73 Å². The van der Waals surface area contributed by atoms with Gasteiger partial charge < -0.3 is 11.1 Å². The Labute approximate surface area is 122 Å². The summed E-state index contributed by atoms with van der Waals surface area (Å²) in [5, 5.41) is 10.5. The number of carbonyl (C=O) groups is 1. The molecule has 112 valence electrons. The van der Waals surface area contributed by atoms with E-state index in [-0.39, 0.29) is 24.3 Å². The Hall–Kier alpha value is -2.28. The molecular weight excluding hydrogens is 273 g/mol. The van der Waals surface area contributed by atoms with Crippen LogP contribution >= 0.6 is 0 Å². The fraction of sp³-hybridized carbons (Fsp3) is 0.357. The monoisotopic (exact) mass is 291 g/mol. The zero-order chi connectivity index (χ0) is 15.2. The summed E-state index contributed by atoms with van der Waals surface area (Å²) in [5.74, 6) is -0.421. The third-order valence-electron chi connectivity index (χ3n) is 2.96. The van der Waals surface area contributed by atoms with Crippen LogP contribution in [0.15, 0.2) is 30.5 Å². The minimum atomic E-state index is -0.266. The molecule has 0 bridgehead atoms. The molecule has 0 aliphatic rings. The Kier molecular flexibility index (Phi) is 4.99. The molecule has 2 aromatic rings. The molecule has 1 heterocycles. The smallest absolute Gasteiger partial charge is 0.242 e. The second-order valence-corrected chi connectivity index (χ2v) is 4.91. The summed E-state index contributed by atoms with van der Waals surface area (Å²) in [6.07, 6.45) is 2.28. The first-order valence-corrected chi connectivity index (χ1v) is 6.69. The van der Waals surface area contributed by atoms with E-state index in [1.165, 1.54) is 16.8 Å². The molecule has 7 heteroatoms. The first kappa shape index (κ1) is 15.1. The summed E-state index contributed by atoms with van der Waals surface area (Å²) >= 11 is 0. The molecular formula is C14H18FN5O. The van der Waals surface area contributed by atoms with E-state index in [1.54, 1.807) is 18.3 Å². The third kappa shape index (κ3) is 4.64. The van der Waals surface area contributed by atoms with Crippen LogP contribution in [0, 0.1) is 5.82 Å². The zero-order valence-corrected chi connectivity index (χ0v) is 11.8. The van der Waals surface area contributed by atoms with Gasteiger partial charge in [0.05, 0.1) is 11.9 Å². The number of amides is 1. The van der Waals surface area contributed by atoms with Crippen molar-refractivity contribution in [2.24, 2.45) is 5.73 Å². The average molecular weight is 291 g/mol. The van der Waals surface area contributed by atoms with Gasteiger partial charge in [-0.25, -0.2) is 9.07 Å². The van der Waals surface area contributed by atoms with Gasteiger partial charge in [-0.05, 0) is 31.0 Å². The highest BCUT2D eigenvalue weighted by atomic mass is 19.1. The predicted octanol–water partition coefficient (Wildman–Crippen LogP) is 0.623. The number of nitrogens with zero attached hydrogens (tertiary/aromatic N) is 3. The van der Waals surface area contributed by atoms with Crippen molar-refractivity contribution in [2.45, 2.75) is 32.5 Å². The van der Waals surface area contributed by atoms with Gasteiger partial charge in [0.25, 0.3) is 0 Å². The van der Waals surface area contributed by atoms with Crippen LogP contribution in [0.25, 0.3) is 0 Å². The Morgan fingerprint density at radius 1 is 1.43 bits per heavy atom. The van der Waals surface area contributed by atoms with Crippen molar-refractivity contribution in [3.05, 3.63) is 47.5 Å². The summed E-state index contributed by atoms with van der Waals surface area (Å²) in [7, 11) is 0. The van der Waals surface area contributed by atoms with Gasteiger partial charge in [0, 0.05) is 12.6 Å². The first-order chi connectivity index (χ1) is 10.1. The normalized spacial score (nSPS) is 12.1. The van der Waals surface area contributed by atoms with Crippen LogP contribution in [0.2, 0.25) is 0 Å². The number of aromatic nitrogens is 3. The molecule has 2 rings (SSSR count). The topological polar surface area (TPSA) is 85.8 Å². The number of benzene rings is 1. The third-order valence-corrected chi connectivity index (χ3v) is 2.96. The first-order valence-electron chi connectivity index (χ1n) is 6.69. The van der Waals surface area contributed by atoms with Crippen molar-refractivity contribution < 1.29 is 9.18 Å². The molecule has 0 radical (unpaired) electrons. The number of rotatable bonds is 6. The van der Waals surface area contributed by atoms with Crippen LogP contribution in [0.4, 0.5) is 4.39 Å². The van der Waals surface area contributed by atoms with Gasteiger partial charge >= 0.3 is 0 Å². The number of carbonyl (C=O) groups excluding carboxylic acids is 1. The molecule has 0 spiro atoms. The lowest BCUT2D eigenvalue weighted by Gasteiger charge is -2.13. The standard InChI is InChI=1S/C14H18FN5O/c1-10(6-11-2-4-12(15)5-3-11)17-14(21)9-20-8-13(7-16)18-19-20/h2-5,8,10H,6-7,9,16H2,1H3,(H,17,21). The van der Waals surface area contributed by atoms with Crippen LogP contribution in [0.1, 0.15) is 18.2 Å². The minimum Gasteiger partial charge on any atom is -0.352 e. The lowest BCUT2D eigenvalue weighted by Crippen LogP contribution is -2.36. The molecule has 0 aliphatic heterocycles. The molecule has 1 aromatic carbocycles. The Bertz CT molecular complexity index is 596. The molecule has 1 atom stereocenters. The molecule has 6 nitrogen and oxygen atoms in total. The summed E-state index contributed by atoms with van der Waals surface area (Å²) in [5.41, 5.74) is 7.04.